The van der Waals surface area contributed by atoms with E-state index in [4.69, 9.17) is 0 Å². The van der Waals surface area contributed by atoms with Crippen LogP contribution in [0.2, 0.25) is 0 Å². The molecule has 0 radical (unpaired) electrons. The van der Waals surface area contributed by atoms with Crippen molar-refractivity contribution in [2.45, 2.75) is 26.3 Å². The molecule has 1 aliphatic heterocycles. The quantitative estimate of drug-likeness (QED) is 0.682. The number of aliphatic imine (C=N–C) groups is 2. The number of rotatable bonds is 3. The maximum Gasteiger partial charge on any atom is 0.219 e. The van der Waals surface area contributed by atoms with Crippen molar-refractivity contribution < 1.29 is 4.79 Å². The largest absolute Gasteiger partial charge is 0.355 e. The number of amides is 1. The first-order valence-electron chi connectivity index (χ1n) is 4.55. The van der Waals surface area contributed by atoms with Crippen LogP contribution < -0.4 is 5.32 Å². The Morgan fingerprint density at radius 3 is 3.00 bits per heavy atom. The van der Waals surface area contributed by atoms with Gasteiger partial charge in [0, 0.05) is 25.1 Å². The van der Waals surface area contributed by atoms with Crippen molar-refractivity contribution in [1.82, 2.24) is 5.32 Å². The maximum absolute atomic E-state index is 11.0. The number of nitrogens with zero attached hydrogens (tertiary/aromatic N) is 2. The Morgan fingerprint density at radius 2 is 2.38 bits per heavy atom. The summed E-state index contributed by atoms with van der Waals surface area (Å²) in [6.07, 6.45) is 3.93. The summed E-state index contributed by atoms with van der Waals surface area (Å²) in [7, 11) is 0. The van der Waals surface area contributed by atoms with Gasteiger partial charge in [-0.25, -0.2) is 4.99 Å². The molecule has 0 saturated heterocycles. The van der Waals surface area contributed by atoms with E-state index in [9.17, 15) is 4.79 Å². The van der Waals surface area contributed by atoms with Crippen molar-refractivity contribution in [3.05, 3.63) is 0 Å². The molecule has 0 saturated carbocycles. The molecule has 0 aromatic heterocycles. The van der Waals surface area contributed by atoms with E-state index in [1.807, 2.05) is 20.1 Å². The van der Waals surface area contributed by atoms with Crippen molar-refractivity contribution in [2.24, 2.45) is 15.9 Å². The van der Waals surface area contributed by atoms with Gasteiger partial charge in [-0.15, -0.1) is 0 Å². The summed E-state index contributed by atoms with van der Waals surface area (Å²) >= 11 is 0. The fourth-order valence-electron chi connectivity index (χ4n) is 1.11. The molecule has 0 bridgehead atoms. The third-order valence-corrected chi connectivity index (χ3v) is 2.12. The van der Waals surface area contributed by atoms with E-state index in [1.165, 1.54) is 0 Å². The van der Waals surface area contributed by atoms with Crippen molar-refractivity contribution in [2.75, 3.05) is 6.54 Å². The lowest BCUT2D eigenvalue weighted by atomic mass is 10.0. The Labute approximate surface area is 78.2 Å². The van der Waals surface area contributed by atoms with Crippen molar-refractivity contribution in [3.8, 4) is 0 Å². The highest BCUT2D eigenvalue weighted by Gasteiger charge is 2.16. The molecule has 72 valence electrons. The number of carbonyl (C=O) groups is 1. The fraction of sp³-hybridized carbons (Fsp3) is 0.667. The molecule has 0 aromatic carbocycles. The van der Waals surface area contributed by atoms with Gasteiger partial charge in [-0.3, -0.25) is 9.79 Å². The van der Waals surface area contributed by atoms with Crippen molar-refractivity contribution >= 4 is 18.5 Å². The van der Waals surface area contributed by atoms with Gasteiger partial charge in [-0.1, -0.05) is 6.92 Å². The SMILES string of the molecule is CCC(=O)NCC1C=NC=NC1C. The van der Waals surface area contributed by atoms with Crippen molar-refractivity contribution in [3.63, 3.8) is 0 Å². The summed E-state index contributed by atoms with van der Waals surface area (Å²) in [5, 5.41) is 2.83. The molecule has 1 amide bonds. The van der Waals surface area contributed by atoms with Crippen LogP contribution in [-0.2, 0) is 4.79 Å². The molecule has 13 heavy (non-hydrogen) atoms. The lowest BCUT2D eigenvalue weighted by molar-refractivity contribution is -0.120. The van der Waals surface area contributed by atoms with E-state index in [0.29, 0.717) is 13.0 Å². The zero-order chi connectivity index (χ0) is 9.68. The molecule has 1 N–H and O–H groups in total. The van der Waals surface area contributed by atoms with E-state index in [1.54, 1.807) is 6.34 Å². The van der Waals surface area contributed by atoms with Crippen LogP contribution >= 0.6 is 0 Å². The normalized spacial score (nSPS) is 26.0. The monoisotopic (exact) mass is 181 g/mol. The van der Waals surface area contributed by atoms with Gasteiger partial charge in [0.2, 0.25) is 5.91 Å². The smallest absolute Gasteiger partial charge is 0.219 e. The summed E-state index contributed by atoms with van der Waals surface area (Å²) in [5.41, 5.74) is 0. The van der Waals surface area contributed by atoms with Crippen LogP contribution in [0.1, 0.15) is 20.3 Å². The minimum atomic E-state index is 0.0788. The van der Waals surface area contributed by atoms with E-state index in [2.05, 4.69) is 15.3 Å². The second kappa shape index (κ2) is 4.74. The predicted octanol–water partition coefficient (Wildman–Crippen LogP) is 0.630. The van der Waals surface area contributed by atoms with Gasteiger partial charge in [0.1, 0.15) is 6.34 Å². The van der Waals surface area contributed by atoms with Crippen LogP contribution in [0.3, 0.4) is 0 Å². The molecule has 4 heteroatoms. The minimum absolute atomic E-state index is 0.0788. The van der Waals surface area contributed by atoms with E-state index >= 15 is 0 Å². The van der Waals surface area contributed by atoms with Gasteiger partial charge >= 0.3 is 0 Å². The lowest BCUT2D eigenvalue weighted by Gasteiger charge is -2.18. The topological polar surface area (TPSA) is 53.8 Å². The van der Waals surface area contributed by atoms with Gasteiger partial charge in [0.05, 0.1) is 6.04 Å². The van der Waals surface area contributed by atoms with Crippen LogP contribution in [0, 0.1) is 5.92 Å². The maximum atomic E-state index is 11.0. The van der Waals surface area contributed by atoms with Crippen LogP contribution in [-0.4, -0.2) is 31.0 Å². The Morgan fingerprint density at radius 1 is 1.62 bits per heavy atom. The van der Waals surface area contributed by atoms with Crippen LogP contribution in [0.25, 0.3) is 0 Å². The number of carbonyl (C=O) groups excluding carboxylic acids is 1. The van der Waals surface area contributed by atoms with E-state index in [0.717, 1.165) is 0 Å². The molecule has 1 aliphatic rings. The Hall–Kier alpha value is -1.19. The molecule has 2 atom stereocenters. The predicted molar refractivity (Wildman–Crippen MR) is 53.2 cm³/mol. The zero-order valence-electron chi connectivity index (χ0n) is 8.03. The highest BCUT2D eigenvalue weighted by Crippen LogP contribution is 2.06. The van der Waals surface area contributed by atoms with Gasteiger partial charge in [0.25, 0.3) is 0 Å². The first kappa shape index (κ1) is 9.89. The van der Waals surface area contributed by atoms with Crippen LogP contribution in [0.5, 0.6) is 0 Å². The highest BCUT2D eigenvalue weighted by atomic mass is 16.1. The third kappa shape index (κ3) is 2.97. The Kier molecular flexibility index (Phi) is 3.61. The fourth-order valence-corrected chi connectivity index (χ4v) is 1.11. The molecule has 1 heterocycles. The molecular formula is C9H15N3O. The second-order valence-electron chi connectivity index (χ2n) is 3.12. The summed E-state index contributed by atoms with van der Waals surface area (Å²) < 4.78 is 0. The molecule has 1 rings (SSSR count). The highest BCUT2D eigenvalue weighted by molar-refractivity contribution is 5.79. The molecule has 4 nitrogen and oxygen atoms in total. The molecule has 0 fully saturated rings. The first-order chi connectivity index (χ1) is 6.24. The van der Waals surface area contributed by atoms with E-state index in [-0.39, 0.29) is 17.9 Å². The lowest BCUT2D eigenvalue weighted by Crippen LogP contribution is -2.34. The standard InChI is InChI=1S/C9H15N3O/c1-3-9(13)11-5-8-4-10-6-12-7(8)2/h4,6-8H,3,5H2,1-2H3,(H,11,13). The summed E-state index contributed by atoms with van der Waals surface area (Å²) in [4.78, 5) is 19.1. The zero-order valence-corrected chi connectivity index (χ0v) is 8.03. The average molecular weight is 181 g/mol. The molecule has 0 spiro atoms. The van der Waals surface area contributed by atoms with Gasteiger partial charge in [-0.2, -0.15) is 0 Å². The molecule has 0 aliphatic carbocycles. The molecule has 2 unspecified atom stereocenters. The minimum Gasteiger partial charge on any atom is -0.355 e. The first-order valence-corrected chi connectivity index (χ1v) is 4.55. The summed E-state index contributed by atoms with van der Waals surface area (Å²) in [5.74, 6) is 0.315. The number of hydrogen-bond acceptors (Lipinski definition) is 3. The van der Waals surface area contributed by atoms with E-state index < -0.39 is 0 Å². The Bertz CT molecular complexity index is 235. The second-order valence-corrected chi connectivity index (χ2v) is 3.12. The summed E-state index contributed by atoms with van der Waals surface area (Å²) in [6, 6.07) is 0.217. The van der Waals surface area contributed by atoms with Crippen molar-refractivity contribution in [1.29, 1.82) is 0 Å². The number of hydrogen-bond donors (Lipinski definition) is 1. The Balaban J connectivity index is 2.33. The number of nitrogens with one attached hydrogen (secondary N) is 1. The van der Waals surface area contributed by atoms with Gasteiger partial charge < -0.3 is 5.32 Å². The summed E-state index contributed by atoms with van der Waals surface area (Å²) in [6.45, 7) is 4.49. The van der Waals surface area contributed by atoms with Gasteiger partial charge in [0.15, 0.2) is 0 Å². The molecular weight excluding hydrogens is 166 g/mol. The van der Waals surface area contributed by atoms with Gasteiger partial charge in [-0.05, 0) is 6.92 Å². The molecule has 0 aromatic rings. The van der Waals surface area contributed by atoms with Crippen LogP contribution in [0.15, 0.2) is 9.98 Å². The average Bonchev–Trinajstić information content (AvgIpc) is 2.16. The third-order valence-electron chi connectivity index (χ3n) is 2.12. The van der Waals surface area contributed by atoms with Crippen LogP contribution in [0.4, 0.5) is 0 Å².